The molecule has 3 nitrogen and oxygen atoms in total. The van der Waals surface area contributed by atoms with Crippen molar-refractivity contribution in [2.45, 2.75) is 12.8 Å². The first kappa shape index (κ1) is 13.0. The monoisotopic (exact) mass is 287 g/mol. The van der Waals surface area contributed by atoms with E-state index in [-0.39, 0.29) is 5.82 Å². The maximum absolute atomic E-state index is 13.4. The zero-order valence-electron chi connectivity index (χ0n) is 9.13. The average Bonchev–Trinajstić information content (AvgIpc) is 2.26. The summed E-state index contributed by atoms with van der Waals surface area (Å²) in [5.41, 5.74) is 6.18. The Kier molecular flexibility index (Phi) is 5.25. The Morgan fingerprint density at radius 1 is 1.56 bits per heavy atom. The molecule has 0 heterocycles. The van der Waals surface area contributed by atoms with Crippen LogP contribution in [0.1, 0.15) is 12.0 Å². The van der Waals surface area contributed by atoms with Crippen LogP contribution in [0.2, 0.25) is 0 Å². The van der Waals surface area contributed by atoms with Gasteiger partial charge in [-0.3, -0.25) is 4.99 Å². The van der Waals surface area contributed by atoms with Crippen LogP contribution in [0.25, 0.3) is 0 Å². The number of hydrogen-bond donors (Lipinski definition) is 2. The molecule has 0 radical (unpaired) electrons. The Bertz CT molecular complexity index is 379. The molecule has 3 N–H and O–H groups in total. The average molecular weight is 288 g/mol. The zero-order valence-corrected chi connectivity index (χ0v) is 10.7. The molecule has 0 aromatic heterocycles. The number of halogens is 2. The molecule has 0 unspecified atom stereocenters. The molecular weight excluding hydrogens is 273 g/mol. The van der Waals surface area contributed by atoms with Crippen LogP contribution in [-0.4, -0.2) is 19.6 Å². The van der Waals surface area contributed by atoms with Gasteiger partial charge in [0.25, 0.3) is 0 Å². The molecule has 0 atom stereocenters. The second kappa shape index (κ2) is 6.48. The second-order valence-corrected chi connectivity index (χ2v) is 4.29. The van der Waals surface area contributed by atoms with Gasteiger partial charge >= 0.3 is 0 Å². The summed E-state index contributed by atoms with van der Waals surface area (Å²) in [6.07, 6.45) is 1.50. The fraction of sp³-hybridized carbons (Fsp3) is 0.364. The summed E-state index contributed by atoms with van der Waals surface area (Å²) in [7, 11) is 1.62. The predicted octanol–water partition coefficient (Wildman–Crippen LogP) is 2.05. The summed E-state index contributed by atoms with van der Waals surface area (Å²) in [5, 5.41) is 2.93. The molecule has 88 valence electrons. The molecular formula is C11H15BrFN3. The van der Waals surface area contributed by atoms with Crippen LogP contribution in [-0.2, 0) is 6.42 Å². The first-order valence-electron chi connectivity index (χ1n) is 5.03. The van der Waals surface area contributed by atoms with Gasteiger partial charge in [0.1, 0.15) is 5.82 Å². The van der Waals surface area contributed by atoms with Gasteiger partial charge in [-0.25, -0.2) is 4.39 Å². The van der Waals surface area contributed by atoms with Crippen molar-refractivity contribution in [3.63, 3.8) is 0 Å². The normalized spacial score (nSPS) is 11.6. The molecule has 1 rings (SSSR count). The lowest BCUT2D eigenvalue weighted by atomic mass is 10.1. The van der Waals surface area contributed by atoms with Gasteiger partial charge in [0.05, 0.1) is 0 Å². The fourth-order valence-electron chi connectivity index (χ4n) is 1.30. The smallest absolute Gasteiger partial charge is 0.188 e. The van der Waals surface area contributed by atoms with Crippen molar-refractivity contribution in [3.8, 4) is 0 Å². The highest BCUT2D eigenvalue weighted by atomic mass is 79.9. The van der Waals surface area contributed by atoms with Crippen LogP contribution < -0.4 is 11.1 Å². The number of aryl methyl sites for hydroxylation is 1. The summed E-state index contributed by atoms with van der Waals surface area (Å²) in [5.74, 6) is 0.239. The lowest BCUT2D eigenvalue weighted by Crippen LogP contribution is -2.32. The standard InChI is InChI=1S/C11H15BrFN3/c1-15-11(14)16-6-2-3-8-4-5-9(12)7-10(8)13/h4-5,7H,2-3,6H2,1H3,(H3,14,15,16). The molecule has 1 aromatic carbocycles. The Morgan fingerprint density at radius 2 is 2.31 bits per heavy atom. The lowest BCUT2D eigenvalue weighted by Gasteiger charge is -2.05. The van der Waals surface area contributed by atoms with E-state index in [1.807, 2.05) is 6.07 Å². The lowest BCUT2D eigenvalue weighted by molar-refractivity contribution is 0.602. The number of nitrogens with two attached hydrogens (primary N) is 1. The van der Waals surface area contributed by atoms with Crippen LogP contribution in [0, 0.1) is 5.82 Å². The number of rotatable bonds is 4. The molecule has 0 fully saturated rings. The summed E-state index contributed by atoms with van der Waals surface area (Å²) >= 11 is 3.22. The van der Waals surface area contributed by atoms with Gasteiger partial charge in [-0.05, 0) is 30.5 Å². The van der Waals surface area contributed by atoms with Crippen LogP contribution in [0.3, 0.4) is 0 Å². The van der Waals surface area contributed by atoms with Crippen molar-refractivity contribution in [3.05, 3.63) is 34.1 Å². The van der Waals surface area contributed by atoms with Gasteiger partial charge in [0.2, 0.25) is 0 Å². The van der Waals surface area contributed by atoms with E-state index in [0.29, 0.717) is 18.9 Å². The van der Waals surface area contributed by atoms with Gasteiger partial charge in [0.15, 0.2) is 5.96 Å². The Morgan fingerprint density at radius 3 is 2.94 bits per heavy atom. The highest BCUT2D eigenvalue weighted by molar-refractivity contribution is 9.10. The van der Waals surface area contributed by atoms with Crippen molar-refractivity contribution in [1.29, 1.82) is 0 Å². The van der Waals surface area contributed by atoms with Crippen molar-refractivity contribution in [2.24, 2.45) is 10.7 Å². The SMILES string of the molecule is CN=C(N)NCCCc1ccc(Br)cc1F. The third-order valence-electron chi connectivity index (χ3n) is 2.19. The van der Waals surface area contributed by atoms with E-state index in [2.05, 4.69) is 26.2 Å². The molecule has 1 aromatic rings. The van der Waals surface area contributed by atoms with E-state index in [0.717, 1.165) is 16.5 Å². The number of nitrogens with one attached hydrogen (secondary N) is 1. The molecule has 0 aliphatic heterocycles. The van der Waals surface area contributed by atoms with Crippen molar-refractivity contribution in [2.75, 3.05) is 13.6 Å². The first-order chi connectivity index (χ1) is 7.63. The molecule has 5 heteroatoms. The zero-order chi connectivity index (χ0) is 12.0. The quantitative estimate of drug-likeness (QED) is 0.506. The van der Waals surface area contributed by atoms with E-state index in [9.17, 15) is 4.39 Å². The maximum Gasteiger partial charge on any atom is 0.188 e. The van der Waals surface area contributed by atoms with Crippen LogP contribution in [0.4, 0.5) is 4.39 Å². The summed E-state index contributed by atoms with van der Waals surface area (Å²) in [4.78, 5) is 3.77. The van der Waals surface area contributed by atoms with E-state index >= 15 is 0 Å². The van der Waals surface area contributed by atoms with Crippen molar-refractivity contribution < 1.29 is 4.39 Å². The summed E-state index contributed by atoms with van der Waals surface area (Å²) in [6.45, 7) is 0.693. The van der Waals surface area contributed by atoms with Gasteiger partial charge in [-0.2, -0.15) is 0 Å². The van der Waals surface area contributed by atoms with E-state index in [1.165, 1.54) is 6.07 Å². The van der Waals surface area contributed by atoms with E-state index in [4.69, 9.17) is 5.73 Å². The van der Waals surface area contributed by atoms with Gasteiger partial charge in [0, 0.05) is 18.1 Å². The summed E-state index contributed by atoms with van der Waals surface area (Å²) < 4.78 is 14.2. The Hall–Kier alpha value is -1.10. The molecule has 0 spiro atoms. The number of guanidine groups is 1. The molecule has 0 aliphatic rings. The molecule has 16 heavy (non-hydrogen) atoms. The Labute approximate surface area is 103 Å². The van der Waals surface area contributed by atoms with Gasteiger partial charge in [-0.1, -0.05) is 22.0 Å². The number of nitrogens with zero attached hydrogens (tertiary/aromatic N) is 1. The molecule has 0 saturated heterocycles. The van der Waals surface area contributed by atoms with Gasteiger partial charge < -0.3 is 11.1 Å². The molecule has 0 aliphatic carbocycles. The van der Waals surface area contributed by atoms with Crippen LogP contribution >= 0.6 is 15.9 Å². The minimum absolute atomic E-state index is 0.175. The maximum atomic E-state index is 13.4. The highest BCUT2D eigenvalue weighted by Gasteiger charge is 2.02. The van der Waals surface area contributed by atoms with E-state index in [1.54, 1.807) is 13.1 Å². The largest absolute Gasteiger partial charge is 0.370 e. The molecule has 0 saturated carbocycles. The summed E-state index contributed by atoms with van der Waals surface area (Å²) in [6, 6.07) is 5.11. The van der Waals surface area contributed by atoms with Crippen molar-refractivity contribution in [1.82, 2.24) is 5.32 Å². The third kappa shape index (κ3) is 4.18. The Balaban J connectivity index is 2.37. The highest BCUT2D eigenvalue weighted by Crippen LogP contribution is 2.16. The van der Waals surface area contributed by atoms with Crippen LogP contribution in [0.15, 0.2) is 27.7 Å². The third-order valence-corrected chi connectivity index (χ3v) is 2.68. The minimum Gasteiger partial charge on any atom is -0.370 e. The topological polar surface area (TPSA) is 50.4 Å². The van der Waals surface area contributed by atoms with Gasteiger partial charge in [-0.15, -0.1) is 0 Å². The first-order valence-corrected chi connectivity index (χ1v) is 5.83. The number of benzene rings is 1. The minimum atomic E-state index is -0.175. The fourth-order valence-corrected chi connectivity index (χ4v) is 1.63. The number of aliphatic imine (C=N–C) groups is 1. The molecule has 0 amide bonds. The van der Waals surface area contributed by atoms with E-state index < -0.39 is 0 Å². The number of hydrogen-bond acceptors (Lipinski definition) is 1. The second-order valence-electron chi connectivity index (χ2n) is 3.37. The van der Waals surface area contributed by atoms with Crippen molar-refractivity contribution >= 4 is 21.9 Å². The predicted molar refractivity (Wildman–Crippen MR) is 68.0 cm³/mol. The van der Waals surface area contributed by atoms with Crippen LogP contribution in [0.5, 0.6) is 0 Å². The molecule has 0 bridgehead atoms.